The number of carboxylic acids is 1. The Morgan fingerprint density at radius 1 is 1.31 bits per heavy atom. The van der Waals surface area contributed by atoms with Crippen molar-refractivity contribution >= 4 is 29.2 Å². The molecule has 8 heteroatoms. The average molecular weight is 372 g/mol. The zero-order chi connectivity index (χ0) is 17.9. The Bertz CT molecular complexity index is 809. The monoisotopic (exact) mass is 372 g/mol. The van der Waals surface area contributed by atoms with Crippen molar-refractivity contribution in [1.82, 2.24) is 14.9 Å². The Morgan fingerprint density at radius 3 is 2.92 bits per heavy atom. The zero-order valence-corrected chi connectivity index (χ0v) is 15.0. The van der Waals surface area contributed by atoms with Crippen molar-refractivity contribution in [2.75, 3.05) is 25.0 Å². The maximum Gasteiger partial charge on any atom is 0.329 e. The highest BCUT2D eigenvalue weighted by molar-refractivity contribution is 7.99. The molecule has 4 rings (SSSR count). The summed E-state index contributed by atoms with van der Waals surface area (Å²) in [5.41, 5.74) is 2.31. The third-order valence-electron chi connectivity index (χ3n) is 4.55. The van der Waals surface area contributed by atoms with Gasteiger partial charge >= 0.3 is 5.97 Å². The SMILES string of the molecule is O=C(O)COC1CCN(Cc2ccc3c(c2)Nc2nccnc2S3)CC1. The van der Waals surface area contributed by atoms with Gasteiger partial charge in [-0.3, -0.25) is 4.90 Å². The number of anilines is 2. The van der Waals surface area contributed by atoms with Crippen molar-refractivity contribution in [2.24, 2.45) is 0 Å². The molecule has 1 aromatic heterocycles. The number of hydrogen-bond acceptors (Lipinski definition) is 7. The van der Waals surface area contributed by atoms with E-state index in [4.69, 9.17) is 9.84 Å². The Morgan fingerprint density at radius 2 is 2.12 bits per heavy atom. The number of likely N-dealkylation sites (tertiary alicyclic amines) is 1. The van der Waals surface area contributed by atoms with Crippen LogP contribution in [0.25, 0.3) is 0 Å². The van der Waals surface area contributed by atoms with Gasteiger partial charge in [-0.2, -0.15) is 0 Å². The van der Waals surface area contributed by atoms with E-state index in [9.17, 15) is 4.79 Å². The van der Waals surface area contributed by atoms with Gasteiger partial charge in [-0.1, -0.05) is 17.8 Å². The van der Waals surface area contributed by atoms with Crippen LogP contribution in [0, 0.1) is 0 Å². The lowest BCUT2D eigenvalue weighted by Crippen LogP contribution is -2.37. The van der Waals surface area contributed by atoms with Crippen LogP contribution in [-0.4, -0.2) is 51.7 Å². The van der Waals surface area contributed by atoms with Crippen molar-refractivity contribution in [1.29, 1.82) is 0 Å². The van der Waals surface area contributed by atoms with E-state index in [1.165, 1.54) is 5.56 Å². The molecular weight excluding hydrogens is 352 g/mol. The van der Waals surface area contributed by atoms with E-state index in [1.54, 1.807) is 24.2 Å². The molecule has 1 aromatic carbocycles. The molecule has 0 radical (unpaired) electrons. The van der Waals surface area contributed by atoms with Gasteiger partial charge in [0, 0.05) is 36.9 Å². The lowest BCUT2D eigenvalue weighted by Gasteiger charge is -2.31. The maximum atomic E-state index is 10.6. The summed E-state index contributed by atoms with van der Waals surface area (Å²) in [5, 5.41) is 13.0. The number of benzene rings is 1. The minimum absolute atomic E-state index is 0.0547. The predicted octanol–water partition coefficient (Wildman–Crippen LogP) is 2.75. The number of aromatic nitrogens is 2. The minimum atomic E-state index is -0.905. The molecule has 0 aliphatic carbocycles. The highest BCUT2D eigenvalue weighted by Gasteiger charge is 2.22. The number of fused-ring (bicyclic) bond motifs is 2. The van der Waals surface area contributed by atoms with E-state index in [-0.39, 0.29) is 12.7 Å². The van der Waals surface area contributed by atoms with Crippen LogP contribution >= 0.6 is 11.8 Å². The molecule has 2 aliphatic heterocycles. The van der Waals surface area contributed by atoms with Crippen LogP contribution in [0.15, 0.2) is 40.5 Å². The summed E-state index contributed by atoms with van der Waals surface area (Å²) in [6, 6.07) is 6.46. The number of hydrogen-bond donors (Lipinski definition) is 2. The standard InChI is InChI=1S/C18H20N4O3S/c23-16(24)11-25-13-3-7-22(8-4-13)10-12-1-2-15-14(9-12)21-17-18(26-15)20-6-5-19-17/h1-2,5-6,9,13H,3-4,7-8,10-11H2,(H,19,21)(H,23,24). The summed E-state index contributed by atoms with van der Waals surface area (Å²) in [5.74, 6) is -0.100. The Balaban J connectivity index is 1.35. The second kappa shape index (κ2) is 7.61. The number of aliphatic carboxylic acids is 1. The predicted molar refractivity (Wildman–Crippen MR) is 97.8 cm³/mol. The zero-order valence-electron chi connectivity index (χ0n) is 14.2. The van der Waals surface area contributed by atoms with Crippen LogP contribution in [0.1, 0.15) is 18.4 Å². The van der Waals surface area contributed by atoms with Crippen LogP contribution < -0.4 is 5.32 Å². The van der Waals surface area contributed by atoms with Crippen LogP contribution in [0.5, 0.6) is 0 Å². The van der Waals surface area contributed by atoms with E-state index in [2.05, 4.69) is 38.4 Å². The number of carboxylic acid groups (broad SMARTS) is 1. The molecule has 0 bridgehead atoms. The molecule has 2 N–H and O–H groups in total. The lowest BCUT2D eigenvalue weighted by molar-refractivity contribution is -0.145. The molecule has 26 heavy (non-hydrogen) atoms. The number of nitrogens with one attached hydrogen (secondary N) is 1. The van der Waals surface area contributed by atoms with Gasteiger partial charge in [0.1, 0.15) is 11.6 Å². The second-order valence-corrected chi connectivity index (χ2v) is 7.48. The van der Waals surface area contributed by atoms with Crippen molar-refractivity contribution in [3.8, 4) is 0 Å². The molecule has 7 nitrogen and oxygen atoms in total. The van der Waals surface area contributed by atoms with E-state index < -0.39 is 5.97 Å². The smallest absolute Gasteiger partial charge is 0.329 e. The van der Waals surface area contributed by atoms with Gasteiger partial charge in [-0.15, -0.1) is 0 Å². The van der Waals surface area contributed by atoms with E-state index in [1.807, 2.05) is 0 Å². The summed E-state index contributed by atoms with van der Waals surface area (Å²) in [4.78, 5) is 22.8. The molecule has 0 amide bonds. The molecule has 2 aromatic rings. The summed E-state index contributed by atoms with van der Waals surface area (Å²) in [7, 11) is 0. The highest BCUT2D eigenvalue weighted by atomic mass is 32.2. The largest absolute Gasteiger partial charge is 0.480 e. The molecule has 2 aliphatic rings. The number of rotatable bonds is 5. The van der Waals surface area contributed by atoms with Crippen molar-refractivity contribution in [3.63, 3.8) is 0 Å². The van der Waals surface area contributed by atoms with Crippen LogP contribution in [0.3, 0.4) is 0 Å². The molecule has 0 unspecified atom stereocenters. The molecule has 1 saturated heterocycles. The van der Waals surface area contributed by atoms with Gasteiger partial charge in [-0.25, -0.2) is 14.8 Å². The first-order valence-electron chi connectivity index (χ1n) is 8.62. The van der Waals surface area contributed by atoms with Gasteiger partial charge in [0.2, 0.25) is 0 Å². The number of carbonyl (C=O) groups is 1. The third-order valence-corrected chi connectivity index (χ3v) is 5.62. The Kier molecular flexibility index (Phi) is 5.05. The van der Waals surface area contributed by atoms with E-state index >= 15 is 0 Å². The summed E-state index contributed by atoms with van der Waals surface area (Å²) in [6.07, 6.45) is 5.19. The van der Waals surface area contributed by atoms with Crippen LogP contribution in [0.2, 0.25) is 0 Å². The Hall–Kier alpha value is -2.16. The fourth-order valence-electron chi connectivity index (χ4n) is 3.26. The first-order valence-corrected chi connectivity index (χ1v) is 9.43. The van der Waals surface area contributed by atoms with E-state index in [0.717, 1.165) is 53.9 Å². The van der Waals surface area contributed by atoms with Crippen LogP contribution in [-0.2, 0) is 16.1 Å². The number of ether oxygens (including phenoxy) is 1. The lowest BCUT2D eigenvalue weighted by atomic mass is 10.1. The fourth-order valence-corrected chi connectivity index (χ4v) is 4.14. The fraction of sp³-hybridized carbons (Fsp3) is 0.389. The summed E-state index contributed by atoms with van der Waals surface area (Å²) < 4.78 is 5.40. The van der Waals surface area contributed by atoms with Gasteiger partial charge < -0.3 is 15.2 Å². The summed E-state index contributed by atoms with van der Waals surface area (Å²) in [6.45, 7) is 2.50. The molecule has 0 spiro atoms. The van der Waals surface area contributed by atoms with Gasteiger partial charge in [0.25, 0.3) is 0 Å². The maximum absolute atomic E-state index is 10.6. The van der Waals surface area contributed by atoms with Gasteiger partial charge in [0.15, 0.2) is 5.82 Å². The number of nitrogens with zero attached hydrogens (tertiary/aromatic N) is 3. The molecule has 0 saturated carbocycles. The topological polar surface area (TPSA) is 87.6 Å². The van der Waals surface area contributed by atoms with Crippen molar-refractivity contribution in [2.45, 2.75) is 35.4 Å². The highest BCUT2D eigenvalue weighted by Crippen LogP contribution is 2.42. The quantitative estimate of drug-likeness (QED) is 0.707. The average Bonchev–Trinajstić information content (AvgIpc) is 2.66. The molecule has 0 atom stereocenters. The third kappa shape index (κ3) is 3.98. The molecular formula is C18H20N4O3S. The number of piperidine rings is 1. The minimum Gasteiger partial charge on any atom is -0.480 e. The normalized spacial score (nSPS) is 17.2. The second-order valence-electron chi connectivity index (χ2n) is 6.45. The molecule has 3 heterocycles. The first-order chi connectivity index (χ1) is 12.7. The van der Waals surface area contributed by atoms with E-state index in [0.29, 0.717) is 0 Å². The summed E-state index contributed by atoms with van der Waals surface area (Å²) >= 11 is 1.63. The van der Waals surface area contributed by atoms with Crippen LogP contribution in [0.4, 0.5) is 11.5 Å². The van der Waals surface area contributed by atoms with Gasteiger partial charge in [-0.05, 0) is 30.5 Å². The first kappa shape index (κ1) is 17.3. The van der Waals surface area contributed by atoms with Gasteiger partial charge in [0.05, 0.1) is 11.8 Å². The molecule has 136 valence electrons. The molecule has 1 fully saturated rings. The Labute approximate surface area is 155 Å². The van der Waals surface area contributed by atoms with Crippen molar-refractivity contribution < 1.29 is 14.6 Å². The van der Waals surface area contributed by atoms with Crippen molar-refractivity contribution in [3.05, 3.63) is 36.2 Å².